The summed E-state index contributed by atoms with van der Waals surface area (Å²) in [6.45, 7) is 5.67. The highest BCUT2D eigenvalue weighted by Crippen LogP contribution is 2.26. The molecule has 3 nitrogen and oxygen atoms in total. The lowest BCUT2D eigenvalue weighted by Crippen LogP contribution is -2.07. The average molecular weight is 277 g/mol. The molecule has 0 bridgehead atoms. The van der Waals surface area contributed by atoms with E-state index in [1.165, 1.54) is 0 Å². The maximum absolute atomic E-state index is 11.0. The van der Waals surface area contributed by atoms with E-state index in [0.717, 1.165) is 29.1 Å². The Balaban J connectivity index is 2.53. The molecule has 1 N–H and O–H groups in total. The summed E-state index contributed by atoms with van der Waals surface area (Å²) in [6, 6.07) is 7.79. The Morgan fingerprint density at radius 2 is 2.16 bits per heavy atom. The first-order chi connectivity index (χ1) is 8.85. The van der Waals surface area contributed by atoms with Crippen molar-refractivity contribution >= 4 is 17.7 Å². The molecule has 0 saturated carbocycles. The van der Waals surface area contributed by atoms with E-state index in [0.29, 0.717) is 5.56 Å². The van der Waals surface area contributed by atoms with Crippen LogP contribution in [-0.2, 0) is 0 Å². The van der Waals surface area contributed by atoms with Gasteiger partial charge < -0.3 is 5.11 Å². The topological polar surface area (TPSA) is 61.1 Å². The second kappa shape index (κ2) is 6.63. The van der Waals surface area contributed by atoms with Crippen LogP contribution in [0, 0.1) is 23.7 Å². The third kappa shape index (κ3) is 4.96. The Morgan fingerprint density at radius 3 is 2.74 bits per heavy atom. The maximum Gasteiger partial charge on any atom is 0.335 e. The van der Waals surface area contributed by atoms with Gasteiger partial charge in [0.1, 0.15) is 0 Å². The van der Waals surface area contributed by atoms with Crippen molar-refractivity contribution in [2.45, 2.75) is 38.5 Å². The lowest BCUT2D eigenvalue weighted by Gasteiger charge is -2.14. The monoisotopic (exact) mass is 277 g/mol. The van der Waals surface area contributed by atoms with Gasteiger partial charge in [-0.05, 0) is 57.1 Å². The number of carbonyl (C=O) groups is 1. The number of nitrogens with zero attached hydrogens (tertiary/aromatic N) is 1. The zero-order chi connectivity index (χ0) is 14.5. The van der Waals surface area contributed by atoms with E-state index < -0.39 is 5.97 Å². The number of aromatic carboxylic acids is 1. The van der Waals surface area contributed by atoms with E-state index in [2.05, 4.69) is 6.07 Å². The fraction of sp³-hybridized carbons (Fsp3) is 0.467. The highest BCUT2D eigenvalue weighted by molar-refractivity contribution is 7.99. The number of rotatable bonds is 6. The van der Waals surface area contributed by atoms with Gasteiger partial charge in [0.05, 0.1) is 17.0 Å². The second-order valence-electron chi connectivity index (χ2n) is 5.23. The summed E-state index contributed by atoms with van der Waals surface area (Å²) in [7, 11) is 0. The summed E-state index contributed by atoms with van der Waals surface area (Å²) in [6.07, 6.45) is 1.80. The van der Waals surface area contributed by atoms with Gasteiger partial charge in [-0.15, -0.1) is 11.8 Å². The molecule has 0 aliphatic rings. The fourth-order valence-electron chi connectivity index (χ4n) is 1.68. The number of carboxylic acids is 1. The van der Waals surface area contributed by atoms with Crippen LogP contribution in [0.15, 0.2) is 23.1 Å². The Labute approximate surface area is 118 Å². The van der Waals surface area contributed by atoms with Crippen LogP contribution in [0.5, 0.6) is 0 Å². The second-order valence-corrected chi connectivity index (χ2v) is 6.40. The fourth-order valence-corrected chi connectivity index (χ4v) is 2.57. The number of hydrogen-bond acceptors (Lipinski definition) is 3. The normalized spacial score (nSPS) is 11.1. The summed E-state index contributed by atoms with van der Waals surface area (Å²) in [5, 5.41) is 18.0. The maximum atomic E-state index is 11.0. The molecule has 0 saturated heterocycles. The molecule has 19 heavy (non-hydrogen) atoms. The molecule has 1 aromatic rings. The summed E-state index contributed by atoms with van der Waals surface area (Å²) in [4.78, 5) is 12.0. The van der Waals surface area contributed by atoms with Gasteiger partial charge in [-0.3, -0.25) is 0 Å². The molecule has 0 aliphatic carbocycles. The molecule has 102 valence electrons. The SMILES string of the molecule is Cc1ccc(SCCCC(C)(C)C#N)cc1C(=O)O. The van der Waals surface area contributed by atoms with E-state index >= 15 is 0 Å². The average Bonchev–Trinajstić information content (AvgIpc) is 2.36. The molecule has 0 atom stereocenters. The molecule has 0 spiro atoms. The predicted molar refractivity (Wildman–Crippen MR) is 77.5 cm³/mol. The van der Waals surface area contributed by atoms with Gasteiger partial charge in [-0.2, -0.15) is 5.26 Å². The van der Waals surface area contributed by atoms with E-state index in [-0.39, 0.29) is 5.41 Å². The third-order valence-corrected chi connectivity index (χ3v) is 4.04. The Hall–Kier alpha value is -1.47. The molecular formula is C15H19NO2S. The van der Waals surface area contributed by atoms with Crippen molar-refractivity contribution < 1.29 is 9.90 Å². The van der Waals surface area contributed by atoms with Crippen LogP contribution in [-0.4, -0.2) is 16.8 Å². The van der Waals surface area contributed by atoms with Gasteiger partial charge in [0, 0.05) is 4.90 Å². The number of thioether (sulfide) groups is 1. The molecule has 0 fully saturated rings. The molecule has 1 aromatic carbocycles. The Morgan fingerprint density at radius 1 is 1.47 bits per heavy atom. The Bertz CT molecular complexity index is 503. The van der Waals surface area contributed by atoms with Gasteiger partial charge >= 0.3 is 5.97 Å². The van der Waals surface area contributed by atoms with Crippen molar-refractivity contribution in [3.8, 4) is 6.07 Å². The molecule has 0 aromatic heterocycles. The van der Waals surface area contributed by atoms with Crippen LogP contribution < -0.4 is 0 Å². The van der Waals surface area contributed by atoms with Crippen molar-refractivity contribution in [3.05, 3.63) is 29.3 Å². The van der Waals surface area contributed by atoms with Crippen LogP contribution in [0.3, 0.4) is 0 Å². The minimum atomic E-state index is -0.884. The first kappa shape index (κ1) is 15.6. The highest BCUT2D eigenvalue weighted by Gasteiger charge is 2.15. The summed E-state index contributed by atoms with van der Waals surface area (Å²) in [5.41, 5.74) is 0.866. The number of hydrogen-bond donors (Lipinski definition) is 1. The molecule has 1 rings (SSSR count). The smallest absolute Gasteiger partial charge is 0.335 e. The van der Waals surface area contributed by atoms with Crippen molar-refractivity contribution in [1.29, 1.82) is 5.26 Å². The molecular weight excluding hydrogens is 258 g/mol. The minimum absolute atomic E-state index is 0.278. The van der Waals surface area contributed by atoms with Crippen LogP contribution in [0.4, 0.5) is 0 Å². The van der Waals surface area contributed by atoms with Crippen LogP contribution in [0.2, 0.25) is 0 Å². The van der Waals surface area contributed by atoms with E-state index in [9.17, 15) is 4.79 Å². The van der Waals surface area contributed by atoms with Gasteiger partial charge in [0.25, 0.3) is 0 Å². The van der Waals surface area contributed by atoms with E-state index in [1.54, 1.807) is 24.8 Å². The van der Waals surface area contributed by atoms with Crippen LogP contribution >= 0.6 is 11.8 Å². The molecule has 0 unspecified atom stereocenters. The molecule has 0 heterocycles. The van der Waals surface area contributed by atoms with Gasteiger partial charge in [-0.25, -0.2) is 4.79 Å². The van der Waals surface area contributed by atoms with Crippen molar-refractivity contribution in [2.24, 2.45) is 5.41 Å². The van der Waals surface area contributed by atoms with Crippen molar-refractivity contribution in [1.82, 2.24) is 0 Å². The number of carboxylic acid groups (broad SMARTS) is 1. The Kier molecular flexibility index (Phi) is 5.44. The van der Waals surface area contributed by atoms with Crippen LogP contribution in [0.25, 0.3) is 0 Å². The molecule has 4 heteroatoms. The quantitative estimate of drug-likeness (QED) is 0.627. The van der Waals surface area contributed by atoms with Gasteiger partial charge in [-0.1, -0.05) is 6.07 Å². The molecule has 0 aliphatic heterocycles. The summed E-state index contributed by atoms with van der Waals surface area (Å²) in [5.74, 6) is 0.0123. The lowest BCUT2D eigenvalue weighted by molar-refractivity contribution is 0.0696. The zero-order valence-electron chi connectivity index (χ0n) is 11.6. The van der Waals surface area contributed by atoms with Crippen molar-refractivity contribution in [3.63, 3.8) is 0 Å². The number of nitriles is 1. The largest absolute Gasteiger partial charge is 0.478 e. The lowest BCUT2D eigenvalue weighted by atomic mass is 9.90. The molecule has 0 radical (unpaired) electrons. The third-order valence-electron chi connectivity index (χ3n) is 2.96. The molecule has 0 amide bonds. The van der Waals surface area contributed by atoms with Gasteiger partial charge in [0.15, 0.2) is 0 Å². The predicted octanol–water partition coefficient (Wildman–Crippen LogP) is 4.12. The summed E-state index contributed by atoms with van der Waals surface area (Å²) < 4.78 is 0. The van der Waals surface area contributed by atoms with Gasteiger partial charge in [0.2, 0.25) is 0 Å². The van der Waals surface area contributed by atoms with E-state index in [4.69, 9.17) is 10.4 Å². The zero-order valence-corrected chi connectivity index (χ0v) is 12.4. The first-order valence-electron chi connectivity index (χ1n) is 6.24. The van der Waals surface area contributed by atoms with Crippen LogP contribution in [0.1, 0.15) is 42.6 Å². The highest BCUT2D eigenvalue weighted by atomic mass is 32.2. The summed E-state index contributed by atoms with van der Waals surface area (Å²) >= 11 is 1.64. The minimum Gasteiger partial charge on any atom is -0.478 e. The first-order valence-corrected chi connectivity index (χ1v) is 7.22. The van der Waals surface area contributed by atoms with Crippen molar-refractivity contribution in [2.75, 3.05) is 5.75 Å². The number of benzene rings is 1. The standard InChI is InChI=1S/C15H19NO2S/c1-11-5-6-12(9-13(11)14(17)18)19-8-4-7-15(2,3)10-16/h5-6,9H,4,7-8H2,1-3H3,(H,17,18). The number of aryl methyl sites for hydroxylation is 1. The van der Waals surface area contributed by atoms with E-state index in [1.807, 2.05) is 26.0 Å².